The summed E-state index contributed by atoms with van der Waals surface area (Å²) in [7, 11) is 0. The Balaban J connectivity index is 1.81. The van der Waals surface area contributed by atoms with Crippen LogP contribution in [0.2, 0.25) is 0 Å². The number of unbranched alkanes of at least 4 members (excludes halogenated alkanes) is 13. The molecule has 41 heavy (non-hydrogen) atoms. The summed E-state index contributed by atoms with van der Waals surface area (Å²) in [6.07, 6.45) is 25.5. The fourth-order valence-corrected chi connectivity index (χ4v) is 6.10. The van der Waals surface area contributed by atoms with Gasteiger partial charge in [0, 0.05) is 24.5 Å². The molecule has 0 amide bonds. The van der Waals surface area contributed by atoms with Crippen molar-refractivity contribution in [3.63, 3.8) is 0 Å². The highest BCUT2D eigenvalue weighted by atomic mass is 14.9. The van der Waals surface area contributed by atoms with E-state index in [1.807, 2.05) is 0 Å². The maximum absolute atomic E-state index is 3.64. The summed E-state index contributed by atoms with van der Waals surface area (Å²) >= 11 is 0. The van der Waals surface area contributed by atoms with E-state index < -0.39 is 0 Å². The van der Waals surface area contributed by atoms with Crippen LogP contribution in [0, 0.1) is 5.92 Å². The molecule has 2 aromatic carbocycles. The summed E-state index contributed by atoms with van der Waals surface area (Å²) in [5.74, 6) is 1.34. The Hall–Kier alpha value is -1.96. The number of hydrogen-bond acceptors (Lipinski definition) is 2. The predicted octanol–water partition coefficient (Wildman–Crippen LogP) is 12.6. The number of nitrogens with one attached hydrogen (secondary N) is 2. The molecule has 2 N–H and O–H groups in total. The number of hydrogen-bond donors (Lipinski definition) is 2. The van der Waals surface area contributed by atoms with Gasteiger partial charge in [0.1, 0.15) is 0 Å². The summed E-state index contributed by atoms with van der Waals surface area (Å²) in [6.45, 7) is 11.5. The van der Waals surface area contributed by atoms with E-state index in [2.05, 4.69) is 86.9 Å². The molecule has 2 rings (SSSR count). The van der Waals surface area contributed by atoms with Gasteiger partial charge in [-0.15, -0.1) is 0 Å². The molecule has 0 heterocycles. The van der Waals surface area contributed by atoms with Gasteiger partial charge in [-0.05, 0) is 72.9 Å². The van der Waals surface area contributed by atoms with Crippen LogP contribution >= 0.6 is 0 Å². The predicted molar refractivity (Wildman–Crippen MR) is 186 cm³/mol. The highest BCUT2D eigenvalue weighted by Gasteiger charge is 2.16. The van der Waals surface area contributed by atoms with E-state index in [1.54, 1.807) is 0 Å². The maximum atomic E-state index is 3.64. The van der Waals surface area contributed by atoms with Gasteiger partial charge >= 0.3 is 0 Å². The van der Waals surface area contributed by atoms with E-state index in [0.717, 1.165) is 19.0 Å². The SMILES string of the molecule is CCCCCCCCNc1ccc(CC(CCCCCC)CC(C)c2ccc(NCCCCCCCC)cc2)cc1. The molecular weight excluding hydrogens is 496 g/mol. The van der Waals surface area contributed by atoms with E-state index >= 15 is 0 Å². The zero-order valence-corrected chi connectivity index (χ0v) is 27.6. The van der Waals surface area contributed by atoms with Gasteiger partial charge in [-0.3, -0.25) is 0 Å². The molecule has 0 saturated carbocycles. The van der Waals surface area contributed by atoms with E-state index in [9.17, 15) is 0 Å². The zero-order chi connectivity index (χ0) is 29.4. The fourth-order valence-electron chi connectivity index (χ4n) is 6.10. The van der Waals surface area contributed by atoms with Crippen LogP contribution in [0.1, 0.15) is 160 Å². The molecular formula is C39H66N2. The molecule has 0 aliphatic carbocycles. The van der Waals surface area contributed by atoms with Gasteiger partial charge in [-0.1, -0.05) is 148 Å². The smallest absolute Gasteiger partial charge is 0.0340 e. The Morgan fingerprint density at radius 3 is 1.46 bits per heavy atom. The lowest BCUT2D eigenvalue weighted by atomic mass is 9.83. The Morgan fingerprint density at radius 1 is 0.512 bits per heavy atom. The maximum Gasteiger partial charge on any atom is 0.0340 e. The Morgan fingerprint density at radius 2 is 0.951 bits per heavy atom. The molecule has 0 bridgehead atoms. The van der Waals surface area contributed by atoms with E-state index in [1.165, 1.54) is 144 Å². The normalized spacial score (nSPS) is 12.8. The minimum Gasteiger partial charge on any atom is -0.385 e. The van der Waals surface area contributed by atoms with Crippen LogP contribution in [0.25, 0.3) is 0 Å². The second-order valence-corrected chi connectivity index (χ2v) is 12.8. The first-order valence-corrected chi connectivity index (χ1v) is 17.8. The Kier molecular flexibility index (Phi) is 20.3. The molecule has 0 radical (unpaired) electrons. The summed E-state index contributed by atoms with van der Waals surface area (Å²) < 4.78 is 0. The van der Waals surface area contributed by atoms with Crippen LogP contribution in [0.3, 0.4) is 0 Å². The quantitative estimate of drug-likeness (QED) is 0.111. The Labute approximate surface area is 255 Å². The average Bonchev–Trinajstić information content (AvgIpc) is 2.99. The van der Waals surface area contributed by atoms with Gasteiger partial charge < -0.3 is 10.6 Å². The van der Waals surface area contributed by atoms with Crippen molar-refractivity contribution in [2.45, 2.75) is 156 Å². The average molecular weight is 563 g/mol. The fraction of sp³-hybridized carbons (Fsp3) is 0.692. The topological polar surface area (TPSA) is 24.1 Å². The molecule has 2 nitrogen and oxygen atoms in total. The lowest BCUT2D eigenvalue weighted by Gasteiger charge is -2.22. The number of benzene rings is 2. The number of rotatable bonds is 26. The summed E-state index contributed by atoms with van der Waals surface area (Å²) in [5, 5.41) is 7.28. The van der Waals surface area contributed by atoms with Gasteiger partial charge in [-0.25, -0.2) is 0 Å². The molecule has 0 spiro atoms. The van der Waals surface area contributed by atoms with E-state index in [4.69, 9.17) is 0 Å². The summed E-state index contributed by atoms with van der Waals surface area (Å²) in [6, 6.07) is 18.7. The highest BCUT2D eigenvalue weighted by Crippen LogP contribution is 2.30. The van der Waals surface area contributed by atoms with Gasteiger partial charge in [0.25, 0.3) is 0 Å². The lowest BCUT2D eigenvalue weighted by molar-refractivity contribution is 0.397. The largest absolute Gasteiger partial charge is 0.385 e. The standard InChI is InChI=1S/C39H66N2/c1-5-8-11-14-16-19-30-40-38-26-22-35(23-27-38)33-36(21-18-13-10-7-3)32-34(4)37-24-28-39(29-25-37)41-31-20-17-15-12-9-6-2/h22-29,34,36,40-41H,5-21,30-33H2,1-4H3. The highest BCUT2D eigenvalue weighted by molar-refractivity contribution is 5.45. The lowest BCUT2D eigenvalue weighted by Crippen LogP contribution is -2.10. The first kappa shape index (κ1) is 35.2. The molecule has 0 aliphatic rings. The van der Waals surface area contributed by atoms with Crippen molar-refractivity contribution in [3.8, 4) is 0 Å². The van der Waals surface area contributed by atoms with Gasteiger partial charge in [0.15, 0.2) is 0 Å². The van der Waals surface area contributed by atoms with E-state index in [0.29, 0.717) is 5.92 Å². The molecule has 0 aliphatic heterocycles. The van der Waals surface area contributed by atoms with Crippen molar-refractivity contribution in [1.82, 2.24) is 0 Å². The summed E-state index contributed by atoms with van der Waals surface area (Å²) in [5.41, 5.74) is 5.54. The molecule has 2 unspecified atom stereocenters. The molecule has 232 valence electrons. The third-order valence-electron chi connectivity index (χ3n) is 8.83. The van der Waals surface area contributed by atoms with Crippen molar-refractivity contribution in [2.24, 2.45) is 5.92 Å². The van der Waals surface area contributed by atoms with Crippen molar-refractivity contribution < 1.29 is 0 Å². The van der Waals surface area contributed by atoms with Crippen molar-refractivity contribution in [1.29, 1.82) is 0 Å². The molecule has 0 saturated heterocycles. The van der Waals surface area contributed by atoms with Gasteiger partial charge in [0.2, 0.25) is 0 Å². The molecule has 2 atom stereocenters. The van der Waals surface area contributed by atoms with Crippen LogP contribution in [0.4, 0.5) is 11.4 Å². The van der Waals surface area contributed by atoms with Gasteiger partial charge in [0.05, 0.1) is 0 Å². The first-order valence-electron chi connectivity index (χ1n) is 17.8. The Bertz CT molecular complexity index is 841. The minimum absolute atomic E-state index is 0.594. The van der Waals surface area contributed by atoms with E-state index in [-0.39, 0.29) is 0 Å². The molecule has 2 aromatic rings. The third kappa shape index (κ3) is 16.9. The van der Waals surface area contributed by atoms with Crippen molar-refractivity contribution in [2.75, 3.05) is 23.7 Å². The van der Waals surface area contributed by atoms with Gasteiger partial charge in [-0.2, -0.15) is 0 Å². The van der Waals surface area contributed by atoms with Crippen molar-refractivity contribution in [3.05, 3.63) is 59.7 Å². The second kappa shape index (κ2) is 23.6. The van der Waals surface area contributed by atoms with Crippen LogP contribution in [0.15, 0.2) is 48.5 Å². The molecule has 0 aromatic heterocycles. The van der Waals surface area contributed by atoms with Crippen molar-refractivity contribution >= 4 is 11.4 Å². The van der Waals surface area contributed by atoms with Crippen LogP contribution < -0.4 is 10.6 Å². The first-order chi connectivity index (χ1) is 20.2. The van der Waals surface area contributed by atoms with Crippen LogP contribution in [-0.4, -0.2) is 13.1 Å². The third-order valence-corrected chi connectivity index (χ3v) is 8.83. The molecule has 2 heteroatoms. The molecule has 0 fully saturated rings. The zero-order valence-electron chi connectivity index (χ0n) is 27.6. The monoisotopic (exact) mass is 563 g/mol. The summed E-state index contributed by atoms with van der Waals surface area (Å²) in [4.78, 5) is 0. The second-order valence-electron chi connectivity index (χ2n) is 12.8. The van der Waals surface area contributed by atoms with Crippen LogP contribution in [-0.2, 0) is 6.42 Å². The van der Waals surface area contributed by atoms with Crippen LogP contribution in [0.5, 0.6) is 0 Å². The minimum atomic E-state index is 0.594. The number of anilines is 2.